The molecule has 3 amide bonds. The fraction of sp³-hybridized carbons (Fsp3) is 0.568. The van der Waals surface area contributed by atoms with Gasteiger partial charge in [-0.05, 0) is 43.2 Å². The maximum atomic E-state index is 13.9. The Bertz CT molecular complexity index is 1490. The summed E-state index contributed by atoms with van der Waals surface area (Å²) in [5.41, 5.74) is 1.58. The highest BCUT2D eigenvalue weighted by Gasteiger charge is 2.39. The Hall–Kier alpha value is -3.32. The van der Waals surface area contributed by atoms with Crippen LogP contribution in [0.1, 0.15) is 45.1 Å². The lowest BCUT2D eigenvalue weighted by molar-refractivity contribution is -0.144. The second kappa shape index (κ2) is 18.8. The maximum Gasteiger partial charge on any atom is 0.234 e. The molecule has 4 aliphatic rings. The van der Waals surface area contributed by atoms with E-state index in [2.05, 4.69) is 38.0 Å². The molecule has 1 aliphatic carbocycles. The van der Waals surface area contributed by atoms with Crippen LogP contribution in [0.2, 0.25) is 5.02 Å². The summed E-state index contributed by atoms with van der Waals surface area (Å²) in [7, 11) is 0. The van der Waals surface area contributed by atoms with Gasteiger partial charge in [0.25, 0.3) is 0 Å². The van der Waals surface area contributed by atoms with Gasteiger partial charge in [0.15, 0.2) is 5.75 Å². The number of hydrogen-bond donors (Lipinski definition) is 3. The molecule has 6 rings (SSSR count). The van der Waals surface area contributed by atoms with Crippen LogP contribution >= 0.6 is 24.2 Å². The van der Waals surface area contributed by atoms with Gasteiger partial charge < -0.3 is 25.2 Å². The summed E-state index contributed by atoms with van der Waals surface area (Å²) in [6.45, 7) is 12.0. The molecule has 3 fully saturated rings. The average molecular weight is 726 g/mol. The highest BCUT2D eigenvalue weighted by molar-refractivity contribution is 7.80. The van der Waals surface area contributed by atoms with Crippen LogP contribution in [0.3, 0.4) is 0 Å². The average Bonchev–Trinajstić information content (AvgIpc) is 3.32. The van der Waals surface area contributed by atoms with Gasteiger partial charge in [0.1, 0.15) is 17.3 Å². The molecule has 2 saturated heterocycles. The lowest BCUT2D eigenvalue weighted by atomic mass is 9.77. The van der Waals surface area contributed by atoms with E-state index in [1.807, 2.05) is 61.2 Å². The number of carbonyl (C=O) groups is 3. The molecule has 2 atom stereocenters. The Morgan fingerprint density at radius 2 is 1.56 bits per heavy atom. The fourth-order valence-electron chi connectivity index (χ4n) is 7.14. The topological polar surface area (TPSA) is 110 Å². The standard InChI is InChI=1S/C35H46ClN7O4S.C2H6/c36-25-9-10-30-28(23-25)33(39-29-7-3-4-8-31(29)47-30)42-18-20-43(21-19-42)35(46)27-6-2-1-5-26(27)34(45)38-11-13-40-14-16-41(17-15-40)24-32(44)37-12-22-48;1-2/h3-4,7-10,23,26-27,48H,1-2,5-6,11-22,24H2,(H,37,44)(H,38,45);1-2H3. The van der Waals surface area contributed by atoms with Crippen LogP contribution in [0, 0.1) is 11.8 Å². The predicted molar refractivity (Wildman–Crippen MR) is 202 cm³/mol. The molecule has 50 heavy (non-hydrogen) atoms. The zero-order valence-electron chi connectivity index (χ0n) is 29.4. The van der Waals surface area contributed by atoms with E-state index < -0.39 is 0 Å². The molecule has 2 aromatic carbocycles. The van der Waals surface area contributed by atoms with Crippen molar-refractivity contribution in [2.24, 2.45) is 16.8 Å². The van der Waals surface area contributed by atoms with Crippen LogP contribution < -0.4 is 15.4 Å². The van der Waals surface area contributed by atoms with E-state index in [9.17, 15) is 14.4 Å². The number of amidine groups is 1. The van der Waals surface area contributed by atoms with Gasteiger partial charge >= 0.3 is 0 Å². The number of benzene rings is 2. The van der Waals surface area contributed by atoms with E-state index in [0.29, 0.717) is 68.1 Å². The maximum absolute atomic E-state index is 13.9. The van der Waals surface area contributed by atoms with E-state index in [1.165, 1.54) is 0 Å². The van der Waals surface area contributed by atoms with Gasteiger partial charge in [-0.2, -0.15) is 12.6 Å². The first kappa shape index (κ1) is 37.9. The number of nitrogens with zero attached hydrogens (tertiary/aromatic N) is 5. The molecule has 0 radical (unpaired) electrons. The highest BCUT2D eigenvalue weighted by Crippen LogP contribution is 2.39. The van der Waals surface area contributed by atoms with Crippen LogP contribution in [-0.2, 0) is 14.4 Å². The van der Waals surface area contributed by atoms with Gasteiger partial charge in [-0.15, -0.1) is 0 Å². The van der Waals surface area contributed by atoms with Gasteiger partial charge in [-0.1, -0.05) is 50.4 Å². The summed E-state index contributed by atoms with van der Waals surface area (Å²) < 4.78 is 6.22. The molecule has 2 aromatic rings. The molecule has 3 heterocycles. The number of carbonyl (C=O) groups excluding carboxylic acids is 3. The fourth-order valence-corrected chi connectivity index (χ4v) is 7.43. The van der Waals surface area contributed by atoms with E-state index in [4.69, 9.17) is 21.3 Å². The second-order valence-corrected chi connectivity index (χ2v) is 13.8. The van der Waals surface area contributed by atoms with Crippen molar-refractivity contribution in [2.75, 3.05) is 84.3 Å². The van der Waals surface area contributed by atoms with Crippen LogP contribution in [-0.4, -0.2) is 127 Å². The monoisotopic (exact) mass is 725 g/mol. The molecule has 0 aromatic heterocycles. The van der Waals surface area contributed by atoms with Crippen LogP contribution in [0.5, 0.6) is 11.5 Å². The number of amides is 3. The number of aliphatic imine (C=N–C) groups is 1. The number of thiol groups is 1. The quantitative estimate of drug-likeness (QED) is 0.332. The number of nitrogens with one attached hydrogen (secondary N) is 2. The Balaban J connectivity index is 0.00000239. The summed E-state index contributed by atoms with van der Waals surface area (Å²) in [4.78, 5) is 53.0. The van der Waals surface area contributed by atoms with Crippen molar-refractivity contribution in [3.8, 4) is 11.5 Å². The summed E-state index contributed by atoms with van der Waals surface area (Å²) in [6, 6.07) is 13.3. The summed E-state index contributed by atoms with van der Waals surface area (Å²) in [5, 5.41) is 6.62. The molecule has 3 aliphatic heterocycles. The first-order valence-electron chi connectivity index (χ1n) is 18.2. The first-order valence-corrected chi connectivity index (χ1v) is 19.2. The van der Waals surface area contributed by atoms with Crippen molar-refractivity contribution < 1.29 is 19.1 Å². The second-order valence-electron chi connectivity index (χ2n) is 12.9. The minimum Gasteiger partial charge on any atom is -0.454 e. The van der Waals surface area contributed by atoms with Gasteiger partial charge in [-0.3, -0.25) is 24.2 Å². The molecule has 2 N–H and O–H groups in total. The molecule has 0 spiro atoms. The number of rotatable bonds is 9. The number of hydrogen-bond acceptors (Lipinski definition) is 9. The van der Waals surface area contributed by atoms with E-state index >= 15 is 0 Å². The summed E-state index contributed by atoms with van der Waals surface area (Å²) in [6.07, 6.45) is 3.41. The SMILES string of the molecule is CC.O=C(CN1CCN(CCNC(=O)C2CCCCC2C(=O)N2CCN(C3=Nc4ccccc4Oc4ccc(Cl)cc43)CC2)CC1)NCCS. The largest absolute Gasteiger partial charge is 0.454 e. The Morgan fingerprint density at radius 1 is 0.860 bits per heavy atom. The number of fused-ring (bicyclic) bond motifs is 2. The first-order chi connectivity index (χ1) is 24.4. The third kappa shape index (κ3) is 9.71. The lowest BCUT2D eigenvalue weighted by Gasteiger charge is -2.40. The van der Waals surface area contributed by atoms with Gasteiger partial charge in [0, 0.05) is 94.6 Å². The normalized spacial score (nSPS) is 20.9. The van der Waals surface area contributed by atoms with Crippen LogP contribution in [0.25, 0.3) is 0 Å². The van der Waals surface area contributed by atoms with Gasteiger partial charge in [0.05, 0.1) is 12.1 Å². The minimum atomic E-state index is -0.300. The molecule has 0 bridgehead atoms. The lowest BCUT2D eigenvalue weighted by Crippen LogP contribution is -2.54. The van der Waals surface area contributed by atoms with Crippen molar-refractivity contribution in [1.29, 1.82) is 0 Å². The van der Waals surface area contributed by atoms with Crippen LogP contribution in [0.4, 0.5) is 5.69 Å². The van der Waals surface area contributed by atoms with Crippen LogP contribution in [0.15, 0.2) is 47.5 Å². The molecule has 2 unspecified atom stereocenters. The Labute approximate surface area is 307 Å². The third-order valence-electron chi connectivity index (χ3n) is 9.80. The summed E-state index contributed by atoms with van der Waals surface area (Å²) >= 11 is 10.5. The molecular formula is C37H52ClN7O4S. The molecule has 272 valence electrons. The number of piperazine rings is 2. The molecule has 11 nitrogen and oxygen atoms in total. The van der Waals surface area contributed by atoms with Crippen molar-refractivity contribution >= 4 is 53.5 Å². The zero-order valence-corrected chi connectivity index (χ0v) is 31.1. The third-order valence-corrected chi connectivity index (χ3v) is 10.3. The smallest absolute Gasteiger partial charge is 0.234 e. The minimum absolute atomic E-state index is 0.00820. The van der Waals surface area contributed by atoms with Crippen molar-refractivity contribution in [3.05, 3.63) is 53.1 Å². The highest BCUT2D eigenvalue weighted by atomic mass is 35.5. The van der Waals surface area contributed by atoms with Crippen molar-refractivity contribution in [3.63, 3.8) is 0 Å². The van der Waals surface area contributed by atoms with Gasteiger partial charge in [-0.25, -0.2) is 4.99 Å². The van der Waals surface area contributed by atoms with E-state index in [0.717, 1.165) is 75.5 Å². The van der Waals surface area contributed by atoms with Gasteiger partial charge in [0.2, 0.25) is 17.7 Å². The summed E-state index contributed by atoms with van der Waals surface area (Å²) in [5.74, 6) is 2.33. The Morgan fingerprint density at radius 3 is 2.30 bits per heavy atom. The van der Waals surface area contributed by atoms with Crippen molar-refractivity contribution in [2.45, 2.75) is 39.5 Å². The molecule has 1 saturated carbocycles. The zero-order chi connectivity index (χ0) is 35.5. The predicted octanol–water partition coefficient (Wildman–Crippen LogP) is 4.28. The van der Waals surface area contributed by atoms with Crippen molar-refractivity contribution in [1.82, 2.24) is 30.2 Å². The molecular weight excluding hydrogens is 674 g/mol. The number of para-hydroxylation sites is 2. The number of ether oxygens (including phenoxy) is 1. The number of halogens is 1. The molecule has 13 heteroatoms. The van der Waals surface area contributed by atoms with E-state index in [-0.39, 0.29) is 29.6 Å². The van der Waals surface area contributed by atoms with E-state index in [1.54, 1.807) is 0 Å². The Kier molecular flexibility index (Phi) is 14.2.